The molecule has 1 saturated heterocycles. The van der Waals surface area contributed by atoms with Gasteiger partial charge >= 0.3 is 5.97 Å². The van der Waals surface area contributed by atoms with Gasteiger partial charge in [0.2, 0.25) is 0 Å². The van der Waals surface area contributed by atoms with Crippen molar-refractivity contribution in [3.8, 4) is 5.75 Å². The fourth-order valence-corrected chi connectivity index (χ4v) is 3.70. The SMILES string of the molecule is CCCCCCCOc1ccc(C(=O)NC(=S)N2CCC(C(=O)OCC)CC2)cc1. The van der Waals surface area contributed by atoms with E-state index in [1.165, 1.54) is 25.7 Å². The van der Waals surface area contributed by atoms with Gasteiger partial charge in [0.15, 0.2) is 5.11 Å². The molecular weight excluding hydrogens is 400 g/mol. The van der Waals surface area contributed by atoms with Crippen molar-refractivity contribution >= 4 is 29.2 Å². The molecule has 0 atom stereocenters. The summed E-state index contributed by atoms with van der Waals surface area (Å²) in [6, 6.07) is 7.12. The monoisotopic (exact) mass is 434 g/mol. The zero-order valence-electron chi connectivity index (χ0n) is 18.2. The Morgan fingerprint density at radius 2 is 1.73 bits per heavy atom. The molecule has 7 heteroatoms. The highest BCUT2D eigenvalue weighted by atomic mass is 32.1. The van der Waals surface area contributed by atoms with E-state index in [4.69, 9.17) is 21.7 Å². The van der Waals surface area contributed by atoms with Crippen molar-refractivity contribution in [3.05, 3.63) is 29.8 Å². The molecule has 1 amide bonds. The second kappa shape index (κ2) is 13.2. The highest BCUT2D eigenvalue weighted by Crippen LogP contribution is 2.19. The van der Waals surface area contributed by atoms with Crippen molar-refractivity contribution in [1.29, 1.82) is 0 Å². The number of likely N-dealkylation sites (tertiary alicyclic amines) is 1. The molecule has 166 valence electrons. The zero-order chi connectivity index (χ0) is 21.8. The fraction of sp³-hybridized carbons (Fsp3) is 0.609. The molecule has 0 bridgehead atoms. The van der Waals surface area contributed by atoms with Crippen LogP contribution in [0.3, 0.4) is 0 Å². The van der Waals surface area contributed by atoms with E-state index < -0.39 is 0 Å². The summed E-state index contributed by atoms with van der Waals surface area (Å²) in [6.07, 6.45) is 7.35. The van der Waals surface area contributed by atoms with Gasteiger partial charge in [-0.25, -0.2) is 0 Å². The molecule has 0 radical (unpaired) electrons. The molecule has 1 aromatic carbocycles. The van der Waals surface area contributed by atoms with Crippen LogP contribution in [0.5, 0.6) is 5.75 Å². The fourth-order valence-electron chi connectivity index (χ4n) is 3.42. The molecule has 1 N–H and O–H groups in total. The maximum absolute atomic E-state index is 12.5. The van der Waals surface area contributed by atoms with Gasteiger partial charge in [0, 0.05) is 18.7 Å². The van der Waals surface area contributed by atoms with E-state index in [1.807, 2.05) is 24.0 Å². The molecule has 6 nitrogen and oxygen atoms in total. The third-order valence-corrected chi connectivity index (χ3v) is 5.62. The molecule has 1 aromatic rings. The van der Waals surface area contributed by atoms with Crippen molar-refractivity contribution in [2.45, 2.75) is 58.8 Å². The Bertz CT molecular complexity index is 685. The second-order valence-electron chi connectivity index (χ2n) is 7.56. The number of rotatable bonds is 10. The number of unbranched alkanes of at least 4 members (excludes halogenated alkanes) is 4. The molecule has 30 heavy (non-hydrogen) atoms. The minimum atomic E-state index is -0.237. The van der Waals surface area contributed by atoms with E-state index in [0.29, 0.717) is 49.8 Å². The maximum atomic E-state index is 12.5. The number of carbonyl (C=O) groups excluding carboxylic acids is 2. The topological polar surface area (TPSA) is 67.9 Å². The lowest BCUT2D eigenvalue weighted by molar-refractivity contribution is -0.149. The Morgan fingerprint density at radius 3 is 2.37 bits per heavy atom. The molecule has 2 rings (SSSR count). The van der Waals surface area contributed by atoms with Gasteiger partial charge in [-0.05, 0) is 62.7 Å². The number of hydrogen-bond donors (Lipinski definition) is 1. The number of ether oxygens (including phenoxy) is 2. The van der Waals surface area contributed by atoms with E-state index in [2.05, 4.69) is 12.2 Å². The number of esters is 1. The number of piperidine rings is 1. The Kier molecular flexibility index (Phi) is 10.6. The van der Waals surface area contributed by atoms with Crippen LogP contribution in [0.4, 0.5) is 0 Å². The predicted octanol–water partition coefficient (Wildman–Crippen LogP) is 4.33. The average molecular weight is 435 g/mol. The van der Waals surface area contributed by atoms with Crippen molar-refractivity contribution in [2.75, 3.05) is 26.3 Å². The molecule has 0 spiro atoms. The normalized spacial score (nSPS) is 14.3. The van der Waals surface area contributed by atoms with Gasteiger partial charge in [0.05, 0.1) is 19.1 Å². The number of amides is 1. The predicted molar refractivity (Wildman–Crippen MR) is 122 cm³/mol. The zero-order valence-corrected chi connectivity index (χ0v) is 19.0. The van der Waals surface area contributed by atoms with Crippen LogP contribution in [-0.2, 0) is 9.53 Å². The molecule has 0 aliphatic carbocycles. The van der Waals surface area contributed by atoms with Crippen LogP contribution in [-0.4, -0.2) is 48.2 Å². The van der Waals surface area contributed by atoms with Gasteiger partial charge in [-0.3, -0.25) is 14.9 Å². The summed E-state index contributed by atoms with van der Waals surface area (Å²) in [7, 11) is 0. The number of nitrogens with one attached hydrogen (secondary N) is 1. The summed E-state index contributed by atoms with van der Waals surface area (Å²) in [5, 5.41) is 3.19. The minimum absolute atomic E-state index is 0.0844. The molecule has 0 aromatic heterocycles. The molecule has 1 fully saturated rings. The number of carbonyl (C=O) groups is 2. The summed E-state index contributed by atoms with van der Waals surface area (Å²) >= 11 is 5.39. The Balaban J connectivity index is 1.72. The lowest BCUT2D eigenvalue weighted by Gasteiger charge is -2.32. The third kappa shape index (κ3) is 7.94. The third-order valence-electron chi connectivity index (χ3n) is 5.26. The maximum Gasteiger partial charge on any atom is 0.309 e. The van der Waals surface area contributed by atoms with Gasteiger partial charge in [0.25, 0.3) is 5.91 Å². The average Bonchev–Trinajstić information content (AvgIpc) is 2.76. The van der Waals surface area contributed by atoms with Crippen LogP contribution in [0.25, 0.3) is 0 Å². The Morgan fingerprint density at radius 1 is 1.07 bits per heavy atom. The van der Waals surface area contributed by atoms with Crippen molar-refractivity contribution in [2.24, 2.45) is 5.92 Å². The van der Waals surface area contributed by atoms with Crippen molar-refractivity contribution in [1.82, 2.24) is 10.2 Å². The number of benzene rings is 1. The van der Waals surface area contributed by atoms with Crippen LogP contribution >= 0.6 is 12.2 Å². The van der Waals surface area contributed by atoms with Crippen LogP contribution in [0.2, 0.25) is 0 Å². The van der Waals surface area contributed by atoms with E-state index in [1.54, 1.807) is 12.1 Å². The largest absolute Gasteiger partial charge is 0.494 e. The highest BCUT2D eigenvalue weighted by Gasteiger charge is 2.27. The Hall–Kier alpha value is -2.15. The summed E-state index contributed by atoms with van der Waals surface area (Å²) < 4.78 is 10.8. The lowest BCUT2D eigenvalue weighted by atomic mass is 9.97. The van der Waals surface area contributed by atoms with Gasteiger partial charge in [0.1, 0.15) is 5.75 Å². The first-order chi connectivity index (χ1) is 14.5. The summed E-state index contributed by atoms with van der Waals surface area (Å²) in [4.78, 5) is 26.3. The molecule has 0 saturated carbocycles. The van der Waals surface area contributed by atoms with Crippen molar-refractivity contribution < 1.29 is 19.1 Å². The van der Waals surface area contributed by atoms with Crippen LogP contribution in [0, 0.1) is 5.92 Å². The quantitative estimate of drug-likeness (QED) is 0.336. The number of hydrogen-bond acceptors (Lipinski definition) is 5. The van der Waals surface area contributed by atoms with E-state index in [9.17, 15) is 9.59 Å². The first kappa shape index (κ1) is 24.1. The van der Waals surface area contributed by atoms with Crippen LogP contribution < -0.4 is 10.1 Å². The molecule has 1 aliphatic rings. The van der Waals surface area contributed by atoms with Gasteiger partial charge in [-0.2, -0.15) is 0 Å². The lowest BCUT2D eigenvalue weighted by Crippen LogP contribution is -2.47. The van der Waals surface area contributed by atoms with Gasteiger partial charge in [-0.15, -0.1) is 0 Å². The van der Waals surface area contributed by atoms with Crippen molar-refractivity contribution in [3.63, 3.8) is 0 Å². The smallest absolute Gasteiger partial charge is 0.309 e. The standard InChI is InChI=1S/C23H34N2O4S/c1-3-5-6-7-8-17-29-20-11-9-18(10-12-20)21(26)24-23(30)25-15-13-19(14-16-25)22(27)28-4-2/h9-12,19H,3-8,13-17H2,1-2H3,(H,24,26,30). The second-order valence-corrected chi connectivity index (χ2v) is 7.95. The molecule has 1 aliphatic heterocycles. The highest BCUT2D eigenvalue weighted by molar-refractivity contribution is 7.80. The van der Waals surface area contributed by atoms with Gasteiger partial charge in [-0.1, -0.05) is 32.6 Å². The van der Waals surface area contributed by atoms with Crippen LogP contribution in [0.1, 0.15) is 69.2 Å². The Labute approximate surface area is 185 Å². The van der Waals surface area contributed by atoms with E-state index >= 15 is 0 Å². The summed E-state index contributed by atoms with van der Waals surface area (Å²) in [5.74, 6) is 0.304. The molecule has 0 unspecified atom stereocenters. The summed E-state index contributed by atoms with van der Waals surface area (Å²) in [6.45, 7) is 6.37. The molecular formula is C23H34N2O4S. The van der Waals surface area contributed by atoms with Gasteiger partial charge < -0.3 is 14.4 Å². The van der Waals surface area contributed by atoms with E-state index in [0.717, 1.165) is 12.2 Å². The molecule has 1 heterocycles. The van der Waals surface area contributed by atoms with E-state index in [-0.39, 0.29) is 17.8 Å². The first-order valence-electron chi connectivity index (χ1n) is 11.0. The van der Waals surface area contributed by atoms with Crippen LogP contribution in [0.15, 0.2) is 24.3 Å². The summed E-state index contributed by atoms with van der Waals surface area (Å²) in [5.41, 5.74) is 0.536. The minimum Gasteiger partial charge on any atom is -0.494 e. The first-order valence-corrected chi connectivity index (χ1v) is 11.5. The number of thiocarbonyl (C=S) groups is 1. The number of nitrogens with zero attached hydrogens (tertiary/aromatic N) is 1.